The minimum absolute atomic E-state index is 0.0667. The fraction of sp³-hybridized carbons (Fsp3) is 0.478. The average Bonchev–Trinajstić information content (AvgIpc) is 2.70. The summed E-state index contributed by atoms with van der Waals surface area (Å²) in [4.78, 5) is 15.9. The third kappa shape index (κ3) is 7.00. The van der Waals surface area contributed by atoms with Crippen LogP contribution in [0.2, 0.25) is 0 Å². The lowest BCUT2D eigenvalue weighted by Crippen LogP contribution is -2.45. The van der Waals surface area contributed by atoms with Gasteiger partial charge in [-0.2, -0.15) is 0 Å². The second-order valence-electron chi connectivity index (χ2n) is 8.06. The van der Waals surface area contributed by atoms with Crippen molar-refractivity contribution in [3.05, 3.63) is 53.7 Å². The lowest BCUT2D eigenvalue weighted by atomic mass is 9.86. The van der Waals surface area contributed by atoms with Gasteiger partial charge < -0.3 is 19.9 Å². The first-order valence-electron chi connectivity index (χ1n) is 10.3. The number of hydrogen-bond acceptors (Lipinski definition) is 7. The number of aliphatic hydroxyl groups excluding tert-OH is 1. The number of carbonyl (C=O) groups is 1. The first-order chi connectivity index (χ1) is 14.2. The highest BCUT2D eigenvalue weighted by atomic mass is 16.5. The molecule has 2 unspecified atom stereocenters. The zero-order chi connectivity index (χ0) is 22.1. The monoisotopic (exact) mass is 415 g/mol. The number of esters is 1. The third-order valence-electron chi connectivity index (χ3n) is 4.44. The summed E-state index contributed by atoms with van der Waals surface area (Å²) >= 11 is 0. The molecule has 0 amide bonds. The molecule has 7 nitrogen and oxygen atoms in total. The maximum atomic E-state index is 11.7. The highest BCUT2D eigenvalue weighted by molar-refractivity contribution is 5.89. The van der Waals surface area contributed by atoms with E-state index in [9.17, 15) is 9.90 Å². The number of aliphatic hydroxyl groups is 1. The number of para-hydroxylation sites is 1. The number of carbonyl (C=O) groups excluding carboxylic acids is 1. The molecular formula is C23H33N3O4. The minimum Gasteiger partial charge on any atom is -0.472 e. The van der Waals surface area contributed by atoms with Crippen molar-refractivity contribution in [1.29, 1.82) is 0 Å². The van der Waals surface area contributed by atoms with E-state index >= 15 is 0 Å². The van der Waals surface area contributed by atoms with Crippen LogP contribution >= 0.6 is 0 Å². The molecule has 1 aromatic carbocycles. The van der Waals surface area contributed by atoms with E-state index in [0.29, 0.717) is 31.1 Å². The fourth-order valence-corrected chi connectivity index (χ4v) is 2.88. The predicted octanol–water partition coefficient (Wildman–Crippen LogP) is 3.34. The number of anilines is 1. The van der Waals surface area contributed by atoms with E-state index in [4.69, 9.17) is 9.47 Å². The van der Waals surface area contributed by atoms with Gasteiger partial charge in [0.05, 0.1) is 12.2 Å². The van der Waals surface area contributed by atoms with Gasteiger partial charge in [-0.05, 0) is 43.0 Å². The average molecular weight is 416 g/mol. The van der Waals surface area contributed by atoms with Gasteiger partial charge in [-0.3, -0.25) is 5.32 Å². The Morgan fingerprint density at radius 3 is 2.50 bits per heavy atom. The van der Waals surface area contributed by atoms with E-state index in [1.807, 2.05) is 24.3 Å². The first kappa shape index (κ1) is 23.6. The molecule has 1 heterocycles. The van der Waals surface area contributed by atoms with Crippen LogP contribution in [0.5, 0.6) is 5.75 Å². The summed E-state index contributed by atoms with van der Waals surface area (Å²) in [6.45, 7) is 11.3. The van der Waals surface area contributed by atoms with E-state index in [2.05, 4.69) is 36.4 Å². The highest BCUT2D eigenvalue weighted by Gasteiger charge is 2.22. The second kappa shape index (κ2) is 10.9. The zero-order valence-corrected chi connectivity index (χ0v) is 18.4. The molecule has 0 aliphatic rings. The van der Waals surface area contributed by atoms with Crippen molar-refractivity contribution in [3.63, 3.8) is 0 Å². The molecule has 2 rings (SSSR count). The molecular weight excluding hydrogens is 382 g/mol. The van der Waals surface area contributed by atoms with E-state index in [1.165, 1.54) is 6.20 Å². The van der Waals surface area contributed by atoms with Gasteiger partial charge in [0.15, 0.2) is 6.23 Å². The molecule has 0 spiro atoms. The molecule has 0 bridgehead atoms. The van der Waals surface area contributed by atoms with Gasteiger partial charge in [0.25, 0.3) is 0 Å². The highest BCUT2D eigenvalue weighted by Crippen LogP contribution is 2.31. The molecule has 0 radical (unpaired) electrons. The Labute approximate surface area is 178 Å². The lowest BCUT2D eigenvalue weighted by Gasteiger charge is -2.28. The van der Waals surface area contributed by atoms with Crippen LogP contribution in [0.4, 0.5) is 5.82 Å². The molecule has 7 heteroatoms. The molecule has 0 fully saturated rings. The normalized spacial score (nSPS) is 13.4. The summed E-state index contributed by atoms with van der Waals surface area (Å²) in [5, 5.41) is 16.5. The SMILES string of the molecule is CCOC(=O)c1ccc(NCCNC(Oc2ccccc2C(C)(C)C)C(C)O)nc1. The van der Waals surface area contributed by atoms with Gasteiger partial charge in [-0.1, -0.05) is 39.0 Å². The van der Waals surface area contributed by atoms with E-state index in [0.717, 1.165) is 11.3 Å². The molecule has 1 aromatic heterocycles. The lowest BCUT2D eigenvalue weighted by molar-refractivity contribution is 0.0268. The van der Waals surface area contributed by atoms with Crippen LogP contribution in [-0.2, 0) is 10.2 Å². The Morgan fingerprint density at radius 2 is 1.90 bits per heavy atom. The smallest absolute Gasteiger partial charge is 0.339 e. The largest absolute Gasteiger partial charge is 0.472 e. The van der Waals surface area contributed by atoms with Crippen molar-refractivity contribution in [1.82, 2.24) is 10.3 Å². The maximum absolute atomic E-state index is 11.7. The molecule has 0 saturated heterocycles. The predicted molar refractivity (Wildman–Crippen MR) is 118 cm³/mol. The molecule has 30 heavy (non-hydrogen) atoms. The third-order valence-corrected chi connectivity index (χ3v) is 4.44. The van der Waals surface area contributed by atoms with Gasteiger partial charge in [-0.25, -0.2) is 9.78 Å². The molecule has 0 aliphatic carbocycles. The molecule has 0 saturated carbocycles. The van der Waals surface area contributed by atoms with Gasteiger partial charge in [0.2, 0.25) is 0 Å². The summed E-state index contributed by atoms with van der Waals surface area (Å²) in [5.74, 6) is 1.02. The Kier molecular flexibility index (Phi) is 8.62. The topological polar surface area (TPSA) is 92.7 Å². The number of aromatic nitrogens is 1. The van der Waals surface area contributed by atoms with Gasteiger partial charge in [0, 0.05) is 19.3 Å². The maximum Gasteiger partial charge on any atom is 0.339 e. The summed E-state index contributed by atoms with van der Waals surface area (Å²) in [6, 6.07) is 11.3. The van der Waals surface area contributed by atoms with Gasteiger partial charge in [0.1, 0.15) is 17.7 Å². The van der Waals surface area contributed by atoms with Crippen LogP contribution in [0, 0.1) is 0 Å². The summed E-state index contributed by atoms with van der Waals surface area (Å²) in [6.07, 6.45) is 0.244. The number of pyridine rings is 1. The van der Waals surface area contributed by atoms with E-state index in [1.54, 1.807) is 26.0 Å². The van der Waals surface area contributed by atoms with Crippen molar-refractivity contribution in [3.8, 4) is 5.75 Å². The van der Waals surface area contributed by atoms with Crippen molar-refractivity contribution >= 4 is 11.8 Å². The zero-order valence-electron chi connectivity index (χ0n) is 18.4. The summed E-state index contributed by atoms with van der Waals surface area (Å²) < 4.78 is 11.0. The van der Waals surface area contributed by atoms with Gasteiger partial charge >= 0.3 is 5.97 Å². The Hall–Kier alpha value is -2.64. The van der Waals surface area contributed by atoms with Crippen molar-refractivity contribution in [2.75, 3.05) is 25.0 Å². The minimum atomic E-state index is -0.694. The van der Waals surface area contributed by atoms with Crippen molar-refractivity contribution in [2.24, 2.45) is 0 Å². The van der Waals surface area contributed by atoms with Crippen LogP contribution in [-0.4, -0.2) is 48.1 Å². The first-order valence-corrected chi connectivity index (χ1v) is 10.3. The Bertz CT molecular complexity index is 801. The summed E-state index contributed by atoms with van der Waals surface area (Å²) in [7, 11) is 0. The van der Waals surface area contributed by atoms with Crippen molar-refractivity contribution < 1.29 is 19.4 Å². The molecule has 2 atom stereocenters. The number of ether oxygens (including phenoxy) is 2. The van der Waals surface area contributed by atoms with E-state index < -0.39 is 12.3 Å². The van der Waals surface area contributed by atoms with Crippen LogP contribution < -0.4 is 15.4 Å². The number of rotatable bonds is 10. The summed E-state index contributed by atoms with van der Waals surface area (Å²) in [5.41, 5.74) is 1.44. The number of nitrogens with zero attached hydrogens (tertiary/aromatic N) is 1. The van der Waals surface area contributed by atoms with E-state index in [-0.39, 0.29) is 11.4 Å². The van der Waals surface area contributed by atoms with Crippen LogP contribution in [0.25, 0.3) is 0 Å². The molecule has 3 N–H and O–H groups in total. The number of hydrogen-bond donors (Lipinski definition) is 3. The van der Waals surface area contributed by atoms with Crippen LogP contribution in [0.3, 0.4) is 0 Å². The second-order valence-corrected chi connectivity index (χ2v) is 8.06. The van der Waals surface area contributed by atoms with Crippen LogP contribution in [0.15, 0.2) is 42.6 Å². The quantitative estimate of drug-likeness (QED) is 0.311. The standard InChI is InChI=1S/C23H33N3O4/c1-6-29-22(28)17-11-12-20(26-15-17)24-13-14-25-21(16(2)27)30-19-10-8-7-9-18(19)23(3,4)5/h7-12,15-16,21,25,27H,6,13-14H2,1-5H3,(H,24,26). The molecule has 2 aromatic rings. The Balaban J connectivity index is 1.88. The Morgan fingerprint density at radius 1 is 1.17 bits per heavy atom. The van der Waals surface area contributed by atoms with Crippen molar-refractivity contribution in [2.45, 2.75) is 52.4 Å². The number of nitrogens with one attached hydrogen (secondary N) is 2. The van der Waals surface area contributed by atoms with Gasteiger partial charge in [-0.15, -0.1) is 0 Å². The molecule has 164 valence electrons. The number of benzene rings is 1. The molecule has 0 aliphatic heterocycles. The van der Waals surface area contributed by atoms with Crippen LogP contribution in [0.1, 0.15) is 50.5 Å². The fourth-order valence-electron chi connectivity index (χ4n) is 2.88.